The van der Waals surface area contributed by atoms with Gasteiger partial charge in [-0.2, -0.15) is 0 Å². The van der Waals surface area contributed by atoms with Gasteiger partial charge in [0.25, 0.3) is 5.69 Å². The Hall–Kier alpha value is -2.50. The van der Waals surface area contributed by atoms with Crippen molar-refractivity contribution in [3.8, 4) is 0 Å². The van der Waals surface area contributed by atoms with E-state index in [-0.39, 0.29) is 17.4 Å². The molecule has 20 heavy (non-hydrogen) atoms. The molecule has 1 heterocycles. The summed E-state index contributed by atoms with van der Waals surface area (Å²) in [5.41, 5.74) is 0.587. The van der Waals surface area contributed by atoms with Crippen LogP contribution in [0.25, 0.3) is 6.08 Å². The van der Waals surface area contributed by atoms with Crippen LogP contribution in [-0.4, -0.2) is 34.6 Å². The third kappa shape index (κ3) is 3.50. The number of nitro benzene ring substituents is 1. The average Bonchev–Trinajstić information content (AvgIpc) is 2.46. The van der Waals surface area contributed by atoms with Gasteiger partial charge in [0.2, 0.25) is 5.91 Å². The summed E-state index contributed by atoms with van der Waals surface area (Å²) in [6.45, 7) is 0.883. The largest absolute Gasteiger partial charge is 0.338 e. The first-order valence-corrected chi connectivity index (χ1v) is 6.29. The minimum absolute atomic E-state index is 0.0110. The van der Waals surface area contributed by atoms with E-state index in [0.717, 1.165) is 0 Å². The van der Waals surface area contributed by atoms with Gasteiger partial charge in [-0.25, -0.2) is 0 Å². The second kappa shape index (κ2) is 6.10. The SMILES string of the molecule is O=C1CCN(C(=O)/C=C/c2cccc([N+](=O)[O-])c2)CC1. The Labute approximate surface area is 115 Å². The molecule has 104 valence electrons. The van der Waals surface area contributed by atoms with Crippen LogP contribution in [0, 0.1) is 10.1 Å². The summed E-state index contributed by atoms with van der Waals surface area (Å²) in [6.07, 6.45) is 3.73. The van der Waals surface area contributed by atoms with Crippen LogP contribution >= 0.6 is 0 Å². The summed E-state index contributed by atoms with van der Waals surface area (Å²) in [4.78, 5) is 34.8. The highest BCUT2D eigenvalue weighted by molar-refractivity contribution is 5.93. The number of hydrogen-bond acceptors (Lipinski definition) is 4. The van der Waals surface area contributed by atoms with Crippen LogP contribution in [0.3, 0.4) is 0 Å². The lowest BCUT2D eigenvalue weighted by molar-refractivity contribution is -0.384. The van der Waals surface area contributed by atoms with Crippen molar-refractivity contribution in [2.75, 3.05) is 13.1 Å². The Morgan fingerprint density at radius 1 is 1.30 bits per heavy atom. The number of piperidine rings is 1. The number of nitrogens with zero attached hydrogens (tertiary/aromatic N) is 2. The number of ketones is 1. The quantitative estimate of drug-likeness (QED) is 0.478. The highest BCUT2D eigenvalue weighted by Gasteiger charge is 2.18. The van der Waals surface area contributed by atoms with E-state index in [1.54, 1.807) is 23.1 Å². The summed E-state index contributed by atoms with van der Waals surface area (Å²) in [5.74, 6) is 0.000667. The number of non-ortho nitro benzene ring substituents is 1. The summed E-state index contributed by atoms with van der Waals surface area (Å²) < 4.78 is 0. The predicted molar refractivity (Wildman–Crippen MR) is 73.0 cm³/mol. The van der Waals surface area contributed by atoms with Crippen molar-refractivity contribution in [2.24, 2.45) is 0 Å². The van der Waals surface area contributed by atoms with Crippen molar-refractivity contribution >= 4 is 23.5 Å². The molecule has 1 aromatic rings. The van der Waals surface area contributed by atoms with E-state index in [0.29, 0.717) is 31.5 Å². The van der Waals surface area contributed by atoms with Gasteiger partial charge in [-0.3, -0.25) is 19.7 Å². The Balaban J connectivity index is 2.01. The van der Waals surface area contributed by atoms with E-state index in [1.165, 1.54) is 18.2 Å². The molecule has 1 aliphatic rings. The molecule has 6 heteroatoms. The number of nitro groups is 1. The molecule has 1 saturated heterocycles. The molecule has 0 saturated carbocycles. The molecule has 0 bridgehead atoms. The van der Waals surface area contributed by atoms with Crippen molar-refractivity contribution < 1.29 is 14.5 Å². The van der Waals surface area contributed by atoms with Crippen molar-refractivity contribution in [1.29, 1.82) is 0 Å². The maximum atomic E-state index is 11.9. The predicted octanol–water partition coefficient (Wildman–Crippen LogP) is 1.80. The van der Waals surface area contributed by atoms with E-state index in [1.807, 2.05) is 0 Å². The first-order chi connectivity index (χ1) is 9.56. The summed E-state index contributed by atoms with van der Waals surface area (Å²) in [7, 11) is 0. The molecule has 6 nitrogen and oxygen atoms in total. The van der Waals surface area contributed by atoms with Crippen LogP contribution in [-0.2, 0) is 9.59 Å². The molecular weight excluding hydrogens is 260 g/mol. The number of rotatable bonds is 3. The maximum Gasteiger partial charge on any atom is 0.270 e. The average molecular weight is 274 g/mol. The Kier molecular flexibility index (Phi) is 4.24. The zero-order valence-electron chi connectivity index (χ0n) is 10.8. The standard InChI is InChI=1S/C14H14N2O4/c17-13-6-8-15(9-7-13)14(18)5-4-11-2-1-3-12(10-11)16(19)20/h1-5,10H,6-9H2/b5-4+. The molecular formula is C14H14N2O4. The van der Waals surface area contributed by atoms with Crippen LogP contribution < -0.4 is 0 Å². The fourth-order valence-corrected chi connectivity index (χ4v) is 1.99. The van der Waals surface area contributed by atoms with Gasteiger partial charge in [0.1, 0.15) is 5.78 Å². The van der Waals surface area contributed by atoms with Crippen LogP contribution in [0.2, 0.25) is 0 Å². The minimum Gasteiger partial charge on any atom is -0.338 e. The monoisotopic (exact) mass is 274 g/mol. The first-order valence-electron chi connectivity index (χ1n) is 6.29. The van der Waals surface area contributed by atoms with Crippen LogP contribution in [0.1, 0.15) is 18.4 Å². The number of amides is 1. The molecule has 0 unspecified atom stereocenters. The van der Waals surface area contributed by atoms with Crippen LogP contribution in [0.15, 0.2) is 30.3 Å². The Bertz CT molecular complexity index is 570. The fraction of sp³-hybridized carbons (Fsp3) is 0.286. The molecule has 0 atom stereocenters. The van der Waals surface area contributed by atoms with Gasteiger partial charge in [0, 0.05) is 44.1 Å². The summed E-state index contributed by atoms with van der Waals surface area (Å²) >= 11 is 0. The van der Waals surface area contributed by atoms with E-state index < -0.39 is 4.92 Å². The minimum atomic E-state index is -0.477. The lowest BCUT2D eigenvalue weighted by Crippen LogP contribution is -2.37. The van der Waals surface area contributed by atoms with E-state index >= 15 is 0 Å². The number of carbonyl (C=O) groups excluding carboxylic acids is 2. The molecule has 1 aromatic carbocycles. The number of likely N-dealkylation sites (tertiary alicyclic amines) is 1. The number of carbonyl (C=O) groups is 2. The number of hydrogen-bond donors (Lipinski definition) is 0. The maximum absolute atomic E-state index is 11.9. The molecule has 0 aromatic heterocycles. The molecule has 1 fully saturated rings. The first kappa shape index (κ1) is 13.9. The van der Waals surface area contributed by atoms with E-state index in [9.17, 15) is 19.7 Å². The van der Waals surface area contributed by atoms with Gasteiger partial charge >= 0.3 is 0 Å². The number of benzene rings is 1. The zero-order chi connectivity index (χ0) is 14.5. The van der Waals surface area contributed by atoms with Gasteiger partial charge in [-0.1, -0.05) is 12.1 Å². The highest BCUT2D eigenvalue weighted by atomic mass is 16.6. The molecule has 1 aliphatic heterocycles. The highest BCUT2D eigenvalue weighted by Crippen LogP contribution is 2.14. The molecule has 0 spiro atoms. The van der Waals surface area contributed by atoms with E-state index in [4.69, 9.17) is 0 Å². The molecule has 0 aliphatic carbocycles. The second-order valence-corrected chi connectivity index (χ2v) is 4.55. The molecule has 0 N–H and O–H groups in total. The van der Waals surface area contributed by atoms with Gasteiger partial charge in [0.05, 0.1) is 4.92 Å². The smallest absolute Gasteiger partial charge is 0.270 e. The van der Waals surface area contributed by atoms with Crippen LogP contribution in [0.4, 0.5) is 5.69 Å². The number of Topliss-reactive ketones (excluding diaryl/α,β-unsaturated/α-hetero) is 1. The van der Waals surface area contributed by atoms with Gasteiger partial charge in [-0.05, 0) is 11.6 Å². The molecule has 1 amide bonds. The van der Waals surface area contributed by atoms with Gasteiger partial charge < -0.3 is 4.90 Å². The third-order valence-corrected chi connectivity index (χ3v) is 3.13. The van der Waals surface area contributed by atoms with E-state index in [2.05, 4.69) is 0 Å². The van der Waals surface area contributed by atoms with Gasteiger partial charge in [0.15, 0.2) is 0 Å². The molecule has 0 radical (unpaired) electrons. The molecule has 2 rings (SSSR count). The summed E-state index contributed by atoms with van der Waals surface area (Å²) in [6, 6.07) is 6.07. The normalized spacial score (nSPS) is 15.6. The van der Waals surface area contributed by atoms with Crippen molar-refractivity contribution in [3.05, 3.63) is 46.0 Å². The topological polar surface area (TPSA) is 80.5 Å². The zero-order valence-corrected chi connectivity index (χ0v) is 10.8. The van der Waals surface area contributed by atoms with Gasteiger partial charge in [-0.15, -0.1) is 0 Å². The van der Waals surface area contributed by atoms with Crippen molar-refractivity contribution in [2.45, 2.75) is 12.8 Å². The van der Waals surface area contributed by atoms with Crippen molar-refractivity contribution in [3.63, 3.8) is 0 Å². The van der Waals surface area contributed by atoms with Crippen LogP contribution in [0.5, 0.6) is 0 Å². The summed E-state index contributed by atoms with van der Waals surface area (Å²) in [5, 5.41) is 10.6. The van der Waals surface area contributed by atoms with Crippen molar-refractivity contribution in [1.82, 2.24) is 4.90 Å². The lowest BCUT2D eigenvalue weighted by atomic mass is 10.1. The Morgan fingerprint density at radius 3 is 2.65 bits per heavy atom. The fourth-order valence-electron chi connectivity index (χ4n) is 1.99. The lowest BCUT2D eigenvalue weighted by Gasteiger charge is -2.24. The Morgan fingerprint density at radius 2 is 2.00 bits per heavy atom. The third-order valence-electron chi connectivity index (χ3n) is 3.13. The second-order valence-electron chi connectivity index (χ2n) is 4.55.